The predicted molar refractivity (Wildman–Crippen MR) is 275 cm³/mol. The van der Waals surface area contributed by atoms with E-state index in [1.807, 2.05) is 0 Å². The number of anilines is 6. The van der Waals surface area contributed by atoms with E-state index in [4.69, 9.17) is 0 Å². The first-order chi connectivity index (χ1) is 32.5. The Bertz CT molecular complexity index is 3070. The van der Waals surface area contributed by atoms with Crippen molar-refractivity contribution in [2.75, 3.05) is 9.80 Å². The zero-order chi connectivity index (χ0) is 44.0. The topological polar surface area (TPSA) is 6.48 Å². The molecule has 0 N–H and O–H groups in total. The third-order valence-electron chi connectivity index (χ3n) is 16.9. The monoisotopic (exact) mass is 854 g/mol. The number of hydrogen-bond donors (Lipinski definition) is 0. The van der Waals surface area contributed by atoms with Crippen molar-refractivity contribution in [2.24, 2.45) is 11.8 Å². The van der Waals surface area contributed by atoms with Crippen LogP contribution in [0.5, 0.6) is 0 Å². The lowest BCUT2D eigenvalue weighted by Crippen LogP contribution is -2.34. The third kappa shape index (κ3) is 5.93. The van der Waals surface area contributed by atoms with E-state index in [1.54, 1.807) is 11.1 Å². The highest BCUT2D eigenvalue weighted by atomic mass is 15.2. The Morgan fingerprint density at radius 3 is 1.61 bits per heavy atom. The lowest BCUT2D eigenvalue weighted by molar-refractivity contribution is 0.350. The van der Waals surface area contributed by atoms with E-state index in [9.17, 15) is 0 Å². The Labute approximate surface area is 391 Å². The summed E-state index contributed by atoms with van der Waals surface area (Å²) in [6.45, 7) is 4.84. The molecule has 0 radical (unpaired) electrons. The van der Waals surface area contributed by atoms with Crippen molar-refractivity contribution in [2.45, 2.75) is 88.4 Å². The van der Waals surface area contributed by atoms with Crippen molar-refractivity contribution >= 4 is 34.1 Å². The van der Waals surface area contributed by atoms with E-state index in [-0.39, 0.29) is 10.8 Å². The number of benzene rings is 8. The van der Waals surface area contributed by atoms with Crippen molar-refractivity contribution < 1.29 is 0 Å². The molecule has 2 saturated carbocycles. The summed E-state index contributed by atoms with van der Waals surface area (Å²) in [4.78, 5) is 5.25. The van der Waals surface area contributed by atoms with E-state index in [1.165, 1.54) is 129 Å². The van der Waals surface area contributed by atoms with Crippen LogP contribution in [0.4, 0.5) is 34.1 Å². The van der Waals surface area contributed by atoms with Gasteiger partial charge in [0.05, 0.1) is 17.1 Å². The van der Waals surface area contributed by atoms with Crippen LogP contribution in [0.1, 0.15) is 104 Å². The molecule has 5 aliphatic carbocycles. The van der Waals surface area contributed by atoms with Gasteiger partial charge in [-0.3, -0.25) is 0 Å². The summed E-state index contributed by atoms with van der Waals surface area (Å²) in [6.07, 6.45) is 11.4. The summed E-state index contributed by atoms with van der Waals surface area (Å²) in [7, 11) is 0. The minimum atomic E-state index is -0.138. The number of fused-ring (bicyclic) bond motifs is 5. The van der Waals surface area contributed by atoms with Gasteiger partial charge >= 0.3 is 0 Å². The molecule has 0 heterocycles. The van der Waals surface area contributed by atoms with E-state index < -0.39 is 0 Å². The molecular weight excluding hydrogens is 797 g/mol. The second-order valence-corrected chi connectivity index (χ2v) is 20.6. The molecule has 0 saturated heterocycles. The van der Waals surface area contributed by atoms with Crippen molar-refractivity contribution in [3.05, 3.63) is 227 Å². The number of hydrogen-bond acceptors (Lipinski definition) is 2. The molecule has 0 aromatic heterocycles. The van der Waals surface area contributed by atoms with Crippen molar-refractivity contribution in [3.8, 4) is 22.3 Å². The van der Waals surface area contributed by atoms with Crippen LogP contribution in [0.2, 0.25) is 0 Å². The highest BCUT2D eigenvalue weighted by molar-refractivity contribution is 5.93. The average molecular weight is 855 g/mol. The first kappa shape index (κ1) is 39.7. The van der Waals surface area contributed by atoms with Gasteiger partial charge in [-0.2, -0.15) is 0 Å². The fourth-order valence-electron chi connectivity index (χ4n) is 14.1. The summed E-state index contributed by atoms with van der Waals surface area (Å²) in [5.41, 5.74) is 23.0. The summed E-state index contributed by atoms with van der Waals surface area (Å²) in [5, 5.41) is 0. The maximum absolute atomic E-state index is 2.70. The molecule has 0 aliphatic heterocycles. The van der Waals surface area contributed by atoms with Gasteiger partial charge in [-0.1, -0.05) is 167 Å². The molecule has 2 heteroatoms. The molecule has 324 valence electrons. The fourth-order valence-corrected chi connectivity index (χ4v) is 14.1. The molecule has 5 aliphatic rings. The molecule has 3 unspecified atom stereocenters. The maximum atomic E-state index is 2.70. The average Bonchev–Trinajstić information content (AvgIpc) is 4.07. The first-order valence-electron chi connectivity index (χ1n) is 24.9. The summed E-state index contributed by atoms with van der Waals surface area (Å²) >= 11 is 0. The highest BCUT2D eigenvalue weighted by Crippen LogP contribution is 2.69. The SMILES string of the molecule is CC1(C)c2ccccc2-c2ccc(N(c3ccccc3-c3ccc(C4CCCCC4)cc3)c3cccc4c3C35c6c(cccc6N(c6ccccc6)c6ccccc6)CC3CCC5C4)cc21. The third-order valence-corrected chi connectivity index (χ3v) is 16.9. The van der Waals surface area contributed by atoms with Gasteiger partial charge in [-0.05, 0) is 167 Å². The molecule has 3 atom stereocenters. The van der Waals surface area contributed by atoms with Crippen LogP contribution in [0.3, 0.4) is 0 Å². The lowest BCUT2D eigenvalue weighted by Gasteiger charge is -2.40. The van der Waals surface area contributed by atoms with Gasteiger partial charge in [-0.25, -0.2) is 0 Å². The van der Waals surface area contributed by atoms with Crippen LogP contribution < -0.4 is 9.80 Å². The summed E-state index contributed by atoms with van der Waals surface area (Å²) in [6, 6.07) is 72.2. The summed E-state index contributed by atoms with van der Waals surface area (Å²) in [5.74, 6) is 1.72. The molecule has 13 rings (SSSR count). The van der Waals surface area contributed by atoms with Gasteiger partial charge in [0.1, 0.15) is 0 Å². The molecule has 0 amide bonds. The lowest BCUT2D eigenvalue weighted by atomic mass is 9.68. The van der Waals surface area contributed by atoms with Crippen molar-refractivity contribution in [3.63, 3.8) is 0 Å². The molecular formula is C64H58N2. The molecule has 8 aromatic carbocycles. The zero-order valence-corrected chi connectivity index (χ0v) is 38.4. The fraction of sp³-hybridized carbons (Fsp3) is 0.250. The van der Waals surface area contributed by atoms with Crippen LogP contribution in [-0.4, -0.2) is 0 Å². The smallest absolute Gasteiger partial charge is 0.0540 e. The van der Waals surface area contributed by atoms with Gasteiger partial charge in [0, 0.05) is 33.5 Å². The van der Waals surface area contributed by atoms with Crippen LogP contribution in [0.25, 0.3) is 22.3 Å². The molecule has 1 spiro atoms. The maximum Gasteiger partial charge on any atom is 0.0540 e. The van der Waals surface area contributed by atoms with Gasteiger partial charge in [0.2, 0.25) is 0 Å². The van der Waals surface area contributed by atoms with Gasteiger partial charge in [0.25, 0.3) is 0 Å². The number of rotatable bonds is 8. The highest BCUT2D eigenvalue weighted by Gasteiger charge is 2.62. The van der Waals surface area contributed by atoms with Crippen LogP contribution in [-0.2, 0) is 23.7 Å². The quantitative estimate of drug-likeness (QED) is 0.150. The Kier molecular flexibility index (Phi) is 9.31. The molecule has 2 nitrogen and oxygen atoms in total. The van der Waals surface area contributed by atoms with Gasteiger partial charge in [-0.15, -0.1) is 0 Å². The summed E-state index contributed by atoms with van der Waals surface area (Å²) < 4.78 is 0. The standard InChI is InChI=1S/C64H58N2/c1-63(2)56-28-14-12-27-54(56)55-39-38-52(42-57(55)63)66(58-29-15-13-26-53(58)45-34-32-44(33-35-45)43-18-6-3-7-19-43)60-31-17-21-47-41-49-37-36-48-40-46-20-16-30-59(61(46)64(48,49)62(47)60)65(50-22-8-4-9-23-50)51-24-10-5-11-25-51/h4-5,8-17,20-35,38-39,42-43,48-49H,3,6-7,18-19,36-37,40-41H2,1-2H3. The second kappa shape index (κ2) is 15.5. The van der Waals surface area contributed by atoms with Crippen LogP contribution in [0.15, 0.2) is 188 Å². The minimum absolute atomic E-state index is 0.126. The Morgan fingerprint density at radius 1 is 0.409 bits per heavy atom. The largest absolute Gasteiger partial charge is 0.310 e. The van der Waals surface area contributed by atoms with E-state index in [0.717, 1.165) is 12.8 Å². The Morgan fingerprint density at radius 2 is 0.955 bits per heavy atom. The molecule has 2 fully saturated rings. The Hall–Kier alpha value is -6.64. The Balaban J connectivity index is 1.05. The number of nitrogens with zero attached hydrogens (tertiary/aromatic N) is 2. The van der Waals surface area contributed by atoms with Gasteiger partial charge in [0.15, 0.2) is 0 Å². The number of para-hydroxylation sites is 3. The van der Waals surface area contributed by atoms with Crippen LogP contribution >= 0.6 is 0 Å². The second-order valence-electron chi connectivity index (χ2n) is 20.6. The minimum Gasteiger partial charge on any atom is -0.310 e. The first-order valence-corrected chi connectivity index (χ1v) is 24.9. The van der Waals surface area contributed by atoms with Crippen molar-refractivity contribution in [1.82, 2.24) is 0 Å². The zero-order valence-electron chi connectivity index (χ0n) is 38.4. The molecule has 66 heavy (non-hydrogen) atoms. The van der Waals surface area contributed by atoms with E-state index in [0.29, 0.717) is 17.8 Å². The van der Waals surface area contributed by atoms with Gasteiger partial charge < -0.3 is 9.80 Å². The van der Waals surface area contributed by atoms with E-state index in [2.05, 4.69) is 212 Å². The molecule has 8 aromatic rings. The predicted octanol–water partition coefficient (Wildman–Crippen LogP) is 17.1. The normalized spacial score (nSPS) is 20.8. The van der Waals surface area contributed by atoms with Crippen molar-refractivity contribution in [1.29, 1.82) is 0 Å². The van der Waals surface area contributed by atoms with E-state index >= 15 is 0 Å². The van der Waals surface area contributed by atoms with Crippen LogP contribution in [0, 0.1) is 11.8 Å². The molecule has 0 bridgehead atoms.